The Hall–Kier alpha value is -1.34. The molecule has 1 aliphatic rings. The van der Waals surface area contributed by atoms with Crippen molar-refractivity contribution in [3.63, 3.8) is 0 Å². The molecule has 8 heteroatoms. The molecule has 1 atom stereocenters. The topological polar surface area (TPSA) is 41.1 Å². The third-order valence-corrected chi connectivity index (χ3v) is 3.53. The normalized spacial score (nSPS) is 17.9. The molecule has 0 spiro atoms. The maximum Gasteiger partial charge on any atom is 0.419 e. The van der Waals surface area contributed by atoms with Gasteiger partial charge in [-0.2, -0.15) is 13.2 Å². The van der Waals surface area contributed by atoms with Gasteiger partial charge in [0.05, 0.1) is 5.56 Å². The first-order chi connectivity index (χ1) is 9.88. The van der Waals surface area contributed by atoms with Gasteiger partial charge < -0.3 is 10.6 Å². The van der Waals surface area contributed by atoms with E-state index in [0.29, 0.717) is 24.6 Å². The summed E-state index contributed by atoms with van der Waals surface area (Å²) in [6, 6.07) is 2.26. The third kappa shape index (κ3) is 4.84. The average Bonchev–Trinajstić information content (AvgIpc) is 2.91. The molecule has 2 rings (SSSR count). The zero-order valence-corrected chi connectivity index (χ0v) is 12.5. The molecule has 0 aliphatic carbocycles. The maximum absolute atomic E-state index is 13.1. The van der Waals surface area contributed by atoms with E-state index in [1.54, 1.807) is 0 Å². The number of amides is 1. The Bertz CT molecular complexity index is 516. The lowest BCUT2D eigenvalue weighted by atomic mass is 10.0. The molecule has 1 saturated heterocycles. The first-order valence-corrected chi connectivity index (χ1v) is 6.73. The fraction of sp³-hybridized carbons (Fsp3) is 0.500. The van der Waals surface area contributed by atoms with Gasteiger partial charge in [0.25, 0.3) is 5.91 Å². The molecule has 0 radical (unpaired) electrons. The number of carbonyl (C=O) groups is 1. The molecule has 1 aliphatic heterocycles. The minimum atomic E-state index is -4.81. The molecule has 0 aromatic heterocycles. The van der Waals surface area contributed by atoms with Gasteiger partial charge in [-0.05, 0) is 50.0 Å². The lowest BCUT2D eigenvalue weighted by molar-refractivity contribution is -0.140. The quantitative estimate of drug-likeness (QED) is 0.827. The fourth-order valence-corrected chi connectivity index (χ4v) is 2.34. The number of rotatable bonds is 4. The Balaban J connectivity index is 0.00000242. The van der Waals surface area contributed by atoms with Crippen molar-refractivity contribution in [1.29, 1.82) is 0 Å². The molecule has 22 heavy (non-hydrogen) atoms. The molecular weight excluding hydrogens is 324 g/mol. The second kappa shape index (κ2) is 7.78. The SMILES string of the molecule is Cl.O=C(NCCC1CCNC1)c1ccc(F)c(C(F)(F)F)c1. The van der Waals surface area contributed by atoms with Gasteiger partial charge in [-0.3, -0.25) is 4.79 Å². The fourth-order valence-electron chi connectivity index (χ4n) is 2.34. The van der Waals surface area contributed by atoms with Crippen molar-refractivity contribution in [2.24, 2.45) is 5.92 Å². The summed E-state index contributed by atoms with van der Waals surface area (Å²) in [5, 5.41) is 5.76. The number of hydrogen-bond donors (Lipinski definition) is 2. The monoisotopic (exact) mass is 340 g/mol. The van der Waals surface area contributed by atoms with Gasteiger partial charge in [0.1, 0.15) is 5.82 Å². The molecule has 1 unspecified atom stereocenters. The van der Waals surface area contributed by atoms with Crippen LogP contribution in [0.2, 0.25) is 0 Å². The second-order valence-electron chi connectivity index (χ2n) is 5.10. The smallest absolute Gasteiger partial charge is 0.352 e. The van der Waals surface area contributed by atoms with E-state index in [1.165, 1.54) is 0 Å². The van der Waals surface area contributed by atoms with Crippen LogP contribution in [0.15, 0.2) is 18.2 Å². The summed E-state index contributed by atoms with van der Waals surface area (Å²) < 4.78 is 50.8. The van der Waals surface area contributed by atoms with E-state index < -0.39 is 23.5 Å². The summed E-state index contributed by atoms with van der Waals surface area (Å²) in [6.45, 7) is 2.24. The average molecular weight is 341 g/mol. The molecule has 1 aromatic rings. The summed E-state index contributed by atoms with van der Waals surface area (Å²) in [4.78, 5) is 11.8. The minimum Gasteiger partial charge on any atom is -0.352 e. The zero-order valence-electron chi connectivity index (χ0n) is 11.7. The van der Waals surface area contributed by atoms with Crippen LogP contribution in [-0.4, -0.2) is 25.5 Å². The van der Waals surface area contributed by atoms with Gasteiger partial charge in [-0.15, -0.1) is 12.4 Å². The first kappa shape index (κ1) is 18.7. The Kier molecular flexibility index (Phi) is 6.62. The van der Waals surface area contributed by atoms with Crippen LogP contribution >= 0.6 is 12.4 Å². The van der Waals surface area contributed by atoms with Gasteiger partial charge in [0.15, 0.2) is 0 Å². The predicted molar refractivity (Wildman–Crippen MR) is 76.6 cm³/mol. The van der Waals surface area contributed by atoms with E-state index >= 15 is 0 Å². The van der Waals surface area contributed by atoms with Crippen molar-refractivity contribution in [3.05, 3.63) is 35.1 Å². The highest BCUT2D eigenvalue weighted by Gasteiger charge is 2.34. The highest BCUT2D eigenvalue weighted by atomic mass is 35.5. The van der Waals surface area contributed by atoms with E-state index in [9.17, 15) is 22.4 Å². The van der Waals surface area contributed by atoms with Crippen molar-refractivity contribution in [2.45, 2.75) is 19.0 Å². The van der Waals surface area contributed by atoms with E-state index in [1.807, 2.05) is 0 Å². The molecule has 0 saturated carbocycles. The number of halogens is 5. The Morgan fingerprint density at radius 1 is 1.36 bits per heavy atom. The second-order valence-corrected chi connectivity index (χ2v) is 5.10. The first-order valence-electron chi connectivity index (χ1n) is 6.73. The van der Waals surface area contributed by atoms with Crippen LogP contribution in [0.5, 0.6) is 0 Å². The molecule has 0 bridgehead atoms. The van der Waals surface area contributed by atoms with Crippen molar-refractivity contribution in [3.8, 4) is 0 Å². The summed E-state index contributed by atoms with van der Waals surface area (Å²) >= 11 is 0. The number of nitrogens with one attached hydrogen (secondary N) is 2. The molecular formula is C14H17ClF4N2O. The molecule has 3 nitrogen and oxygen atoms in total. The molecule has 1 amide bonds. The van der Waals surface area contributed by atoms with Crippen LogP contribution in [0.1, 0.15) is 28.8 Å². The molecule has 2 N–H and O–H groups in total. The molecule has 1 aromatic carbocycles. The summed E-state index contributed by atoms with van der Waals surface area (Å²) in [5.41, 5.74) is -1.61. The summed E-state index contributed by atoms with van der Waals surface area (Å²) in [7, 11) is 0. The standard InChI is InChI=1S/C14H16F4N2O.ClH/c15-12-2-1-10(7-11(12)14(16,17)18)13(21)20-6-4-9-3-5-19-8-9;/h1-2,7,9,19H,3-6,8H2,(H,20,21);1H. The van der Waals surface area contributed by atoms with Crippen molar-refractivity contribution >= 4 is 18.3 Å². The van der Waals surface area contributed by atoms with E-state index in [-0.39, 0.29) is 18.0 Å². The van der Waals surface area contributed by atoms with E-state index in [0.717, 1.165) is 32.0 Å². The lowest BCUT2D eigenvalue weighted by Crippen LogP contribution is -2.27. The highest BCUT2D eigenvalue weighted by Crippen LogP contribution is 2.31. The van der Waals surface area contributed by atoms with Crippen LogP contribution in [0.3, 0.4) is 0 Å². The van der Waals surface area contributed by atoms with Crippen molar-refractivity contribution in [1.82, 2.24) is 10.6 Å². The largest absolute Gasteiger partial charge is 0.419 e. The van der Waals surface area contributed by atoms with Gasteiger partial charge >= 0.3 is 6.18 Å². The van der Waals surface area contributed by atoms with Crippen molar-refractivity contribution in [2.75, 3.05) is 19.6 Å². The third-order valence-electron chi connectivity index (χ3n) is 3.53. The molecule has 124 valence electrons. The zero-order chi connectivity index (χ0) is 15.5. The Morgan fingerprint density at radius 2 is 2.09 bits per heavy atom. The van der Waals surface area contributed by atoms with Gasteiger partial charge in [0.2, 0.25) is 0 Å². The van der Waals surface area contributed by atoms with Crippen LogP contribution in [0.4, 0.5) is 17.6 Å². The van der Waals surface area contributed by atoms with Crippen LogP contribution in [0.25, 0.3) is 0 Å². The Morgan fingerprint density at radius 3 is 2.68 bits per heavy atom. The molecule has 1 fully saturated rings. The summed E-state index contributed by atoms with van der Waals surface area (Å²) in [5.74, 6) is -1.52. The van der Waals surface area contributed by atoms with E-state index in [2.05, 4.69) is 10.6 Å². The van der Waals surface area contributed by atoms with Gasteiger partial charge in [-0.25, -0.2) is 4.39 Å². The highest BCUT2D eigenvalue weighted by molar-refractivity contribution is 5.94. The number of carbonyl (C=O) groups excluding carboxylic acids is 1. The Labute approximate surface area is 131 Å². The van der Waals surface area contributed by atoms with Gasteiger partial charge in [0, 0.05) is 12.1 Å². The van der Waals surface area contributed by atoms with E-state index in [4.69, 9.17) is 0 Å². The number of benzene rings is 1. The van der Waals surface area contributed by atoms with Crippen molar-refractivity contribution < 1.29 is 22.4 Å². The minimum absolute atomic E-state index is 0. The van der Waals surface area contributed by atoms with Crippen LogP contribution in [0, 0.1) is 11.7 Å². The maximum atomic E-state index is 13.1. The number of alkyl halides is 3. The summed E-state index contributed by atoms with van der Waals surface area (Å²) in [6.07, 6.45) is -3.01. The predicted octanol–water partition coefficient (Wildman–Crippen LogP) is 3.00. The van der Waals surface area contributed by atoms with Gasteiger partial charge in [-0.1, -0.05) is 0 Å². The molecule has 1 heterocycles. The lowest BCUT2D eigenvalue weighted by Gasteiger charge is -2.11. The van der Waals surface area contributed by atoms with Crippen LogP contribution in [-0.2, 0) is 6.18 Å². The number of hydrogen-bond acceptors (Lipinski definition) is 2. The van der Waals surface area contributed by atoms with Crippen LogP contribution < -0.4 is 10.6 Å².